The number of carbonyl (C=O) groups excluding carboxylic acids is 1. The topological polar surface area (TPSA) is 59.2 Å². The third-order valence-electron chi connectivity index (χ3n) is 3.27. The molecule has 18 heavy (non-hydrogen) atoms. The number of hydrogen-bond acceptors (Lipinski definition) is 3. The van der Waals surface area contributed by atoms with Gasteiger partial charge in [0.15, 0.2) is 0 Å². The number of rotatable bonds is 1. The molecule has 0 bridgehead atoms. The van der Waals surface area contributed by atoms with Crippen molar-refractivity contribution in [3.05, 3.63) is 42.1 Å². The molecule has 4 nitrogen and oxygen atoms in total. The fourth-order valence-corrected chi connectivity index (χ4v) is 2.43. The standard InChI is InChI=1S/C14H15N3O/c1-14(15)8-17(9-14)13(18)11-4-2-6-12-10(11)5-3-7-16-12/h2-7H,8-9,15H2,1H3. The van der Waals surface area contributed by atoms with Crippen molar-refractivity contribution >= 4 is 16.8 Å². The molecular formula is C14H15N3O. The van der Waals surface area contributed by atoms with E-state index in [4.69, 9.17) is 5.73 Å². The van der Waals surface area contributed by atoms with Crippen LogP contribution in [0.3, 0.4) is 0 Å². The first kappa shape index (κ1) is 11.2. The Labute approximate surface area is 105 Å². The first-order valence-electron chi connectivity index (χ1n) is 5.99. The molecule has 0 aliphatic carbocycles. The number of nitrogens with two attached hydrogens (primary N) is 1. The number of hydrogen-bond donors (Lipinski definition) is 1. The van der Waals surface area contributed by atoms with Gasteiger partial charge in [0.1, 0.15) is 0 Å². The molecule has 1 saturated heterocycles. The predicted octanol–water partition coefficient (Wildman–Crippen LogP) is 1.41. The van der Waals surface area contributed by atoms with E-state index in [-0.39, 0.29) is 11.4 Å². The van der Waals surface area contributed by atoms with Crippen molar-refractivity contribution < 1.29 is 4.79 Å². The molecule has 0 unspecified atom stereocenters. The quantitative estimate of drug-likeness (QED) is 0.821. The fourth-order valence-electron chi connectivity index (χ4n) is 2.43. The summed E-state index contributed by atoms with van der Waals surface area (Å²) in [5, 5.41) is 0.899. The Hall–Kier alpha value is -1.94. The molecule has 0 radical (unpaired) electrons. The summed E-state index contributed by atoms with van der Waals surface area (Å²) in [7, 11) is 0. The molecule has 1 amide bonds. The predicted molar refractivity (Wildman–Crippen MR) is 70.2 cm³/mol. The summed E-state index contributed by atoms with van der Waals surface area (Å²) >= 11 is 0. The second-order valence-corrected chi connectivity index (χ2v) is 5.19. The minimum atomic E-state index is -0.238. The Kier molecular flexibility index (Phi) is 2.35. The van der Waals surface area contributed by atoms with Gasteiger partial charge in [-0.1, -0.05) is 12.1 Å². The molecular weight excluding hydrogens is 226 g/mol. The number of aromatic nitrogens is 1. The summed E-state index contributed by atoms with van der Waals surface area (Å²) in [6.45, 7) is 3.19. The summed E-state index contributed by atoms with van der Waals surface area (Å²) in [6.07, 6.45) is 1.73. The van der Waals surface area contributed by atoms with E-state index < -0.39 is 0 Å². The summed E-state index contributed by atoms with van der Waals surface area (Å²) in [5.74, 6) is 0.0384. The molecule has 2 aromatic rings. The van der Waals surface area contributed by atoms with Gasteiger partial charge in [-0.15, -0.1) is 0 Å². The lowest BCUT2D eigenvalue weighted by Crippen LogP contribution is -2.66. The Morgan fingerprint density at radius 1 is 1.33 bits per heavy atom. The van der Waals surface area contributed by atoms with Crippen LogP contribution in [0.5, 0.6) is 0 Å². The van der Waals surface area contributed by atoms with Crippen molar-refractivity contribution in [1.29, 1.82) is 0 Å². The molecule has 0 saturated carbocycles. The Morgan fingerprint density at radius 3 is 2.83 bits per heavy atom. The van der Waals surface area contributed by atoms with Crippen LogP contribution in [0, 0.1) is 0 Å². The van der Waals surface area contributed by atoms with Crippen LogP contribution < -0.4 is 5.73 Å². The highest BCUT2D eigenvalue weighted by atomic mass is 16.2. The third-order valence-corrected chi connectivity index (χ3v) is 3.27. The largest absolute Gasteiger partial charge is 0.335 e. The maximum atomic E-state index is 12.4. The molecule has 1 fully saturated rings. The number of amides is 1. The van der Waals surface area contributed by atoms with Crippen LogP contribution in [-0.4, -0.2) is 34.4 Å². The van der Waals surface area contributed by atoms with E-state index in [1.807, 2.05) is 37.3 Å². The highest BCUT2D eigenvalue weighted by Crippen LogP contribution is 2.23. The van der Waals surface area contributed by atoms with E-state index >= 15 is 0 Å². The zero-order chi connectivity index (χ0) is 12.8. The van der Waals surface area contributed by atoms with Crippen molar-refractivity contribution in [2.45, 2.75) is 12.5 Å². The van der Waals surface area contributed by atoms with Crippen LogP contribution in [0.2, 0.25) is 0 Å². The van der Waals surface area contributed by atoms with Crippen molar-refractivity contribution in [3.63, 3.8) is 0 Å². The number of carbonyl (C=O) groups is 1. The number of benzene rings is 1. The van der Waals surface area contributed by atoms with Gasteiger partial charge in [-0.2, -0.15) is 0 Å². The molecule has 0 spiro atoms. The fraction of sp³-hybridized carbons (Fsp3) is 0.286. The smallest absolute Gasteiger partial charge is 0.254 e. The lowest BCUT2D eigenvalue weighted by Gasteiger charge is -2.45. The van der Waals surface area contributed by atoms with E-state index in [0.29, 0.717) is 18.7 Å². The Bertz CT molecular complexity index is 608. The van der Waals surface area contributed by atoms with E-state index in [2.05, 4.69) is 4.98 Å². The van der Waals surface area contributed by atoms with Crippen LogP contribution in [0.25, 0.3) is 10.9 Å². The molecule has 2 N–H and O–H groups in total. The molecule has 1 aromatic heterocycles. The molecule has 1 aliphatic rings. The Balaban J connectivity index is 1.98. The average Bonchev–Trinajstić information content (AvgIpc) is 2.34. The SMILES string of the molecule is CC1(N)CN(C(=O)c2cccc3ncccc23)C1. The van der Waals surface area contributed by atoms with E-state index in [9.17, 15) is 4.79 Å². The number of fused-ring (bicyclic) bond motifs is 1. The van der Waals surface area contributed by atoms with Gasteiger partial charge in [0.2, 0.25) is 0 Å². The maximum absolute atomic E-state index is 12.4. The monoisotopic (exact) mass is 241 g/mol. The molecule has 2 heterocycles. The number of pyridine rings is 1. The average molecular weight is 241 g/mol. The molecule has 0 atom stereocenters. The van der Waals surface area contributed by atoms with Crippen LogP contribution in [0.15, 0.2) is 36.5 Å². The first-order chi connectivity index (χ1) is 8.57. The molecule has 92 valence electrons. The number of nitrogens with zero attached hydrogens (tertiary/aromatic N) is 2. The summed E-state index contributed by atoms with van der Waals surface area (Å²) < 4.78 is 0. The van der Waals surface area contributed by atoms with Gasteiger partial charge in [-0.25, -0.2) is 0 Å². The zero-order valence-electron chi connectivity index (χ0n) is 10.3. The van der Waals surface area contributed by atoms with E-state index in [1.165, 1.54) is 0 Å². The maximum Gasteiger partial charge on any atom is 0.254 e. The second-order valence-electron chi connectivity index (χ2n) is 5.19. The molecule has 3 rings (SSSR count). The van der Waals surface area contributed by atoms with Gasteiger partial charge in [-0.3, -0.25) is 9.78 Å². The van der Waals surface area contributed by atoms with Crippen molar-refractivity contribution in [1.82, 2.24) is 9.88 Å². The van der Waals surface area contributed by atoms with Crippen LogP contribution in [0.4, 0.5) is 0 Å². The minimum absolute atomic E-state index is 0.0384. The lowest BCUT2D eigenvalue weighted by molar-refractivity contribution is 0.0456. The third kappa shape index (κ3) is 1.75. The zero-order valence-corrected chi connectivity index (χ0v) is 10.3. The van der Waals surface area contributed by atoms with Gasteiger partial charge in [0.05, 0.1) is 5.52 Å². The van der Waals surface area contributed by atoms with E-state index in [1.54, 1.807) is 11.1 Å². The summed E-state index contributed by atoms with van der Waals surface area (Å²) in [5.41, 5.74) is 7.25. The highest BCUT2D eigenvalue weighted by Gasteiger charge is 2.38. The van der Waals surface area contributed by atoms with Gasteiger partial charge in [0, 0.05) is 35.8 Å². The highest BCUT2D eigenvalue weighted by molar-refractivity contribution is 6.06. The van der Waals surface area contributed by atoms with Crippen molar-refractivity contribution in [3.8, 4) is 0 Å². The first-order valence-corrected chi connectivity index (χ1v) is 5.99. The van der Waals surface area contributed by atoms with Crippen LogP contribution in [-0.2, 0) is 0 Å². The van der Waals surface area contributed by atoms with Crippen LogP contribution in [0.1, 0.15) is 17.3 Å². The lowest BCUT2D eigenvalue weighted by atomic mass is 9.92. The summed E-state index contributed by atoms with van der Waals surface area (Å²) in [6, 6.07) is 9.40. The molecule has 4 heteroatoms. The van der Waals surface area contributed by atoms with Gasteiger partial charge < -0.3 is 10.6 Å². The minimum Gasteiger partial charge on any atom is -0.335 e. The number of likely N-dealkylation sites (tertiary alicyclic amines) is 1. The van der Waals surface area contributed by atoms with Crippen molar-refractivity contribution in [2.24, 2.45) is 5.73 Å². The Morgan fingerprint density at radius 2 is 2.11 bits per heavy atom. The normalized spacial score (nSPS) is 17.6. The molecule has 1 aromatic carbocycles. The van der Waals surface area contributed by atoms with Crippen LogP contribution >= 0.6 is 0 Å². The van der Waals surface area contributed by atoms with Gasteiger partial charge >= 0.3 is 0 Å². The summed E-state index contributed by atoms with van der Waals surface area (Å²) in [4.78, 5) is 18.4. The van der Waals surface area contributed by atoms with Gasteiger partial charge in [0.25, 0.3) is 5.91 Å². The molecule has 1 aliphatic heterocycles. The van der Waals surface area contributed by atoms with Crippen molar-refractivity contribution in [2.75, 3.05) is 13.1 Å². The van der Waals surface area contributed by atoms with E-state index in [0.717, 1.165) is 10.9 Å². The van der Waals surface area contributed by atoms with Gasteiger partial charge in [-0.05, 0) is 25.1 Å². The second kappa shape index (κ2) is 3.78.